The van der Waals surface area contributed by atoms with Crippen LogP contribution in [0.2, 0.25) is 0 Å². The van der Waals surface area contributed by atoms with Crippen molar-refractivity contribution >= 4 is 49.4 Å². The van der Waals surface area contributed by atoms with E-state index in [9.17, 15) is 44.7 Å². The minimum absolute atomic E-state index is 0.0411. The molecule has 2 N–H and O–H groups in total. The lowest BCUT2D eigenvalue weighted by molar-refractivity contribution is -0.348. The van der Waals surface area contributed by atoms with Crippen LogP contribution in [-0.2, 0) is 5.67 Å². The number of nitrogens with one attached hydrogen (secondary N) is 2. The molecule has 38 heavy (non-hydrogen) atoms. The Bertz CT molecular complexity index is 1260. The molecule has 0 atom stereocenters. The highest BCUT2D eigenvalue weighted by Crippen LogP contribution is 2.54. The Balaban J connectivity index is 0.000000423. The Morgan fingerprint density at radius 1 is 0.737 bits per heavy atom. The van der Waals surface area contributed by atoms with Gasteiger partial charge in [0.2, 0.25) is 0 Å². The van der Waals surface area contributed by atoms with Crippen molar-refractivity contribution in [1.29, 1.82) is 0 Å². The van der Waals surface area contributed by atoms with Gasteiger partial charge in [0, 0.05) is 27.1 Å². The number of carbonyl (C=O) groups is 2. The van der Waals surface area contributed by atoms with Crippen molar-refractivity contribution in [3.8, 4) is 0 Å². The van der Waals surface area contributed by atoms with Gasteiger partial charge in [0.15, 0.2) is 0 Å². The summed E-state index contributed by atoms with van der Waals surface area (Å²) in [7, 11) is 1.62. The Labute approximate surface area is 227 Å². The van der Waals surface area contributed by atoms with Crippen molar-refractivity contribution in [2.75, 3.05) is 12.4 Å². The average molecular weight is 676 g/mol. The van der Waals surface area contributed by atoms with E-state index in [4.69, 9.17) is 0 Å². The van der Waals surface area contributed by atoms with E-state index in [1.807, 2.05) is 18.2 Å². The molecule has 3 aromatic rings. The number of amides is 2. The fourth-order valence-corrected chi connectivity index (χ4v) is 4.32. The van der Waals surface area contributed by atoms with Crippen LogP contribution in [0.1, 0.15) is 26.3 Å². The van der Waals surface area contributed by atoms with E-state index in [2.05, 4.69) is 42.5 Å². The molecule has 0 saturated heterocycles. The lowest BCUT2D eigenvalue weighted by atomic mass is 9.94. The van der Waals surface area contributed by atoms with Crippen molar-refractivity contribution in [2.45, 2.75) is 18.0 Å². The number of carbonyl (C=O) groups excluding carboxylic acids is 2. The third-order valence-electron chi connectivity index (χ3n) is 4.84. The number of alkyl halides is 7. The van der Waals surface area contributed by atoms with Crippen LogP contribution in [0.25, 0.3) is 0 Å². The molecule has 0 fully saturated rings. The van der Waals surface area contributed by atoms with E-state index >= 15 is 0 Å². The first-order valence-corrected chi connectivity index (χ1v) is 11.8. The van der Waals surface area contributed by atoms with Crippen LogP contribution < -0.4 is 10.6 Å². The highest BCUT2D eigenvalue weighted by molar-refractivity contribution is 9.11. The minimum atomic E-state index is -6.29. The van der Waals surface area contributed by atoms with Crippen LogP contribution in [0.4, 0.5) is 40.8 Å². The Kier molecular flexibility index (Phi) is 10.1. The lowest BCUT2D eigenvalue weighted by Gasteiger charge is -2.31. The number of hydrogen-bond acceptors (Lipinski definition) is 2. The van der Waals surface area contributed by atoms with Gasteiger partial charge in [-0.25, -0.2) is 8.78 Å². The zero-order chi connectivity index (χ0) is 28.9. The molecule has 204 valence electrons. The maximum Gasteiger partial charge on any atom is 0.435 e. The molecule has 0 spiro atoms. The second-order valence-electron chi connectivity index (χ2n) is 7.35. The quantitative estimate of drug-likeness (QED) is 0.276. The zero-order valence-electron chi connectivity index (χ0n) is 18.9. The Hall–Kier alpha value is -3.00. The molecule has 0 radical (unpaired) electrons. The zero-order valence-corrected chi connectivity index (χ0v) is 22.1. The van der Waals surface area contributed by atoms with Gasteiger partial charge < -0.3 is 10.6 Å². The first-order chi connectivity index (χ1) is 17.5. The molecule has 3 aromatic carbocycles. The summed E-state index contributed by atoms with van der Waals surface area (Å²) in [5, 5.41) is 4.68. The minimum Gasteiger partial charge on any atom is -0.355 e. The second kappa shape index (κ2) is 12.2. The third-order valence-corrected chi connectivity index (χ3v) is 6.09. The number of anilines is 1. The number of benzene rings is 3. The lowest BCUT2D eigenvalue weighted by Crippen LogP contribution is -2.50. The predicted octanol–water partition coefficient (Wildman–Crippen LogP) is 7.94. The van der Waals surface area contributed by atoms with Crippen molar-refractivity contribution in [3.63, 3.8) is 0 Å². The van der Waals surface area contributed by atoms with Crippen molar-refractivity contribution < 1.29 is 44.7 Å². The standard InChI is InChI=1S/C16H7Br2F8NO.C8H9NO/c17-9-5-7(14(20,15(21,22)23)16(24,25)26)6-10(18)12(9)27-13(28)8-3-1-2-4-11(8)19;1-9-8(10)7-5-3-2-4-6-7/h1-6H,(H,27,28);2-6H,1H3,(H,9,10). The monoisotopic (exact) mass is 674 g/mol. The number of hydrogen-bond donors (Lipinski definition) is 2. The molecule has 2 amide bonds. The summed E-state index contributed by atoms with van der Waals surface area (Å²) in [6.45, 7) is 0. The van der Waals surface area contributed by atoms with Crippen molar-refractivity contribution in [2.24, 2.45) is 0 Å². The van der Waals surface area contributed by atoms with Crippen LogP contribution in [0.3, 0.4) is 0 Å². The van der Waals surface area contributed by atoms with E-state index in [1.54, 1.807) is 19.2 Å². The molecule has 0 unspecified atom stereocenters. The first kappa shape index (κ1) is 31.2. The molecular weight excluding hydrogens is 660 g/mol. The van der Waals surface area contributed by atoms with Crippen LogP contribution >= 0.6 is 31.9 Å². The summed E-state index contributed by atoms with van der Waals surface area (Å²) in [5.74, 6) is -1.97. The third kappa shape index (κ3) is 6.90. The van der Waals surface area contributed by atoms with Gasteiger partial charge in [-0.15, -0.1) is 0 Å². The summed E-state index contributed by atoms with van der Waals surface area (Å²) < 4.78 is 104. The first-order valence-electron chi connectivity index (χ1n) is 10.2. The van der Waals surface area contributed by atoms with Crippen molar-refractivity contribution in [1.82, 2.24) is 5.32 Å². The van der Waals surface area contributed by atoms with Gasteiger partial charge in [0.25, 0.3) is 11.8 Å². The van der Waals surface area contributed by atoms with E-state index in [0.717, 1.165) is 12.1 Å². The Morgan fingerprint density at radius 2 is 1.21 bits per heavy atom. The Morgan fingerprint density at radius 3 is 1.66 bits per heavy atom. The highest BCUT2D eigenvalue weighted by Gasteiger charge is 2.73. The van der Waals surface area contributed by atoms with Gasteiger partial charge in [-0.3, -0.25) is 9.59 Å². The maximum absolute atomic E-state index is 14.2. The SMILES string of the molecule is CNC(=O)c1ccccc1.O=C(Nc1c(Br)cc(C(F)(C(F)(F)F)C(F)(F)F)cc1Br)c1ccccc1F. The van der Waals surface area contributed by atoms with Gasteiger partial charge in [0.1, 0.15) is 5.82 Å². The van der Waals surface area contributed by atoms with Crippen LogP contribution in [0, 0.1) is 5.82 Å². The van der Waals surface area contributed by atoms with Crippen LogP contribution in [0.5, 0.6) is 0 Å². The van der Waals surface area contributed by atoms with Crippen LogP contribution in [0.15, 0.2) is 75.7 Å². The van der Waals surface area contributed by atoms with E-state index in [-0.39, 0.29) is 23.7 Å². The fourth-order valence-electron chi connectivity index (χ4n) is 2.94. The fraction of sp³-hybridized carbons (Fsp3) is 0.167. The molecule has 0 aromatic heterocycles. The molecule has 0 saturated carbocycles. The van der Waals surface area contributed by atoms with Gasteiger partial charge in [-0.05, 0) is 68.3 Å². The number of rotatable bonds is 4. The van der Waals surface area contributed by atoms with Gasteiger partial charge in [0.05, 0.1) is 11.3 Å². The molecule has 0 aliphatic heterocycles. The molecule has 14 heteroatoms. The predicted molar refractivity (Wildman–Crippen MR) is 131 cm³/mol. The topological polar surface area (TPSA) is 58.2 Å². The summed E-state index contributed by atoms with van der Waals surface area (Å²) in [4.78, 5) is 23.0. The van der Waals surface area contributed by atoms with Crippen molar-refractivity contribution in [3.05, 3.63) is 98.2 Å². The maximum atomic E-state index is 14.2. The van der Waals surface area contributed by atoms with E-state index < -0.39 is 49.8 Å². The van der Waals surface area contributed by atoms with Gasteiger partial charge in [-0.2, -0.15) is 26.3 Å². The normalized spacial score (nSPS) is 11.8. The molecule has 0 bridgehead atoms. The smallest absolute Gasteiger partial charge is 0.355 e. The van der Waals surface area contributed by atoms with E-state index in [0.29, 0.717) is 5.56 Å². The van der Waals surface area contributed by atoms with Crippen LogP contribution in [-0.4, -0.2) is 31.2 Å². The molecule has 3 rings (SSSR count). The summed E-state index contributed by atoms with van der Waals surface area (Å²) in [5.41, 5.74) is -7.43. The molecular formula is C24H16Br2F8N2O2. The average Bonchev–Trinajstić information content (AvgIpc) is 2.84. The van der Waals surface area contributed by atoms with E-state index in [1.165, 1.54) is 12.1 Å². The van der Waals surface area contributed by atoms with Gasteiger partial charge >= 0.3 is 18.0 Å². The largest absolute Gasteiger partial charge is 0.435 e. The molecule has 0 heterocycles. The summed E-state index contributed by atoms with van der Waals surface area (Å²) in [6.07, 6.45) is -12.6. The summed E-state index contributed by atoms with van der Waals surface area (Å²) in [6, 6.07) is 14.3. The van der Waals surface area contributed by atoms with Gasteiger partial charge in [-0.1, -0.05) is 30.3 Å². The molecule has 0 aliphatic rings. The number of halogens is 10. The molecule has 4 nitrogen and oxygen atoms in total. The highest BCUT2D eigenvalue weighted by atomic mass is 79.9. The molecule has 0 aliphatic carbocycles. The summed E-state index contributed by atoms with van der Waals surface area (Å²) >= 11 is 5.41. The second-order valence-corrected chi connectivity index (χ2v) is 9.06.